The predicted molar refractivity (Wildman–Crippen MR) is 123 cm³/mol. The van der Waals surface area contributed by atoms with Crippen molar-refractivity contribution in [2.24, 2.45) is 5.73 Å². The predicted octanol–water partition coefficient (Wildman–Crippen LogP) is 4.18. The summed E-state index contributed by atoms with van der Waals surface area (Å²) >= 11 is 7.50. The van der Waals surface area contributed by atoms with E-state index in [9.17, 15) is 14.4 Å². The number of carbonyl (C=O) groups is 3. The first kappa shape index (κ1) is 22.0. The molecule has 2 heterocycles. The maximum absolute atomic E-state index is 13.4. The number of ketones is 1. The first-order chi connectivity index (χ1) is 15.5. The molecule has 0 fully saturated rings. The van der Waals surface area contributed by atoms with Gasteiger partial charge in [0.25, 0.3) is 0 Å². The van der Waals surface area contributed by atoms with Crippen molar-refractivity contribution < 1.29 is 19.1 Å². The fourth-order valence-electron chi connectivity index (χ4n) is 3.45. The number of carbonyl (C=O) groups excluding carboxylic acids is 3. The van der Waals surface area contributed by atoms with Crippen molar-refractivity contribution in [3.63, 3.8) is 0 Å². The number of fused-ring (bicyclic) bond motifs is 1. The van der Waals surface area contributed by atoms with Gasteiger partial charge in [0.05, 0.1) is 30.2 Å². The molecule has 7 nitrogen and oxygen atoms in total. The molecule has 2 amide bonds. The number of amides is 2. The van der Waals surface area contributed by atoms with Crippen molar-refractivity contribution in [3.05, 3.63) is 86.8 Å². The van der Waals surface area contributed by atoms with Crippen LogP contribution in [0.2, 0.25) is 5.02 Å². The Morgan fingerprint density at radius 3 is 2.50 bits per heavy atom. The number of thiophene rings is 1. The Morgan fingerprint density at radius 1 is 1.06 bits per heavy atom. The van der Waals surface area contributed by atoms with E-state index in [1.807, 2.05) is 30.3 Å². The van der Waals surface area contributed by atoms with E-state index in [0.717, 1.165) is 10.4 Å². The van der Waals surface area contributed by atoms with Crippen molar-refractivity contribution in [3.8, 4) is 0 Å². The topological polar surface area (TPSA) is 102 Å². The summed E-state index contributed by atoms with van der Waals surface area (Å²) in [6.45, 7) is 0.436. The molecule has 0 unspecified atom stereocenters. The molecule has 4 rings (SSSR count). The molecular weight excluding hydrogens is 450 g/mol. The highest BCUT2D eigenvalue weighted by Crippen LogP contribution is 2.41. The van der Waals surface area contributed by atoms with Crippen LogP contribution in [0.15, 0.2) is 54.6 Å². The van der Waals surface area contributed by atoms with Crippen LogP contribution in [0, 0.1) is 0 Å². The van der Waals surface area contributed by atoms with E-state index in [1.54, 1.807) is 24.3 Å². The Hall–Kier alpha value is -3.20. The van der Waals surface area contributed by atoms with E-state index < -0.39 is 12.0 Å². The van der Waals surface area contributed by atoms with Crippen LogP contribution in [0.4, 0.5) is 9.80 Å². The van der Waals surface area contributed by atoms with Gasteiger partial charge in [-0.15, -0.1) is 11.3 Å². The third-order valence-electron chi connectivity index (χ3n) is 5.02. The Kier molecular flexibility index (Phi) is 6.55. The molecule has 0 radical (unpaired) electrons. The fourth-order valence-corrected chi connectivity index (χ4v) is 4.91. The van der Waals surface area contributed by atoms with Gasteiger partial charge < -0.3 is 15.8 Å². The number of nitrogens with one attached hydrogen (secondary N) is 1. The highest BCUT2D eigenvalue weighted by molar-refractivity contribution is 7.17. The summed E-state index contributed by atoms with van der Waals surface area (Å²) in [6, 6.07) is 16.1. The number of hydrogen-bond donors (Lipinski definition) is 2. The summed E-state index contributed by atoms with van der Waals surface area (Å²) in [5, 5.41) is 3.43. The summed E-state index contributed by atoms with van der Waals surface area (Å²) in [5.74, 6) is -0.725. The highest BCUT2D eigenvalue weighted by Gasteiger charge is 2.34. The summed E-state index contributed by atoms with van der Waals surface area (Å²) in [5.41, 5.74) is 7.66. The first-order valence-electron chi connectivity index (χ1n) is 9.87. The molecule has 1 aliphatic rings. The molecule has 2 aromatic carbocycles. The lowest BCUT2D eigenvalue weighted by Crippen LogP contribution is -2.27. The van der Waals surface area contributed by atoms with Crippen molar-refractivity contribution in [1.82, 2.24) is 4.90 Å². The van der Waals surface area contributed by atoms with E-state index in [0.29, 0.717) is 26.7 Å². The number of nitrogens with zero attached hydrogens (tertiary/aromatic N) is 1. The minimum Gasteiger partial charge on any atom is -0.445 e. The second kappa shape index (κ2) is 9.52. The largest absolute Gasteiger partial charge is 0.445 e. The van der Waals surface area contributed by atoms with Crippen LogP contribution < -0.4 is 11.1 Å². The van der Waals surface area contributed by atoms with E-state index >= 15 is 0 Å². The summed E-state index contributed by atoms with van der Waals surface area (Å²) < 4.78 is 5.43. The molecule has 1 aliphatic heterocycles. The minimum absolute atomic E-state index is 0.160. The van der Waals surface area contributed by atoms with Gasteiger partial charge in [-0.2, -0.15) is 0 Å². The number of hydrogen-bond acceptors (Lipinski definition) is 6. The van der Waals surface area contributed by atoms with Gasteiger partial charge >= 0.3 is 6.09 Å². The van der Waals surface area contributed by atoms with Gasteiger partial charge in [-0.3, -0.25) is 14.5 Å². The van der Waals surface area contributed by atoms with Crippen LogP contribution in [0.3, 0.4) is 0 Å². The highest BCUT2D eigenvalue weighted by atomic mass is 35.5. The van der Waals surface area contributed by atoms with Gasteiger partial charge in [-0.25, -0.2) is 4.79 Å². The van der Waals surface area contributed by atoms with Crippen LogP contribution in [-0.2, 0) is 29.2 Å². The molecule has 0 spiro atoms. The zero-order valence-electron chi connectivity index (χ0n) is 17.0. The summed E-state index contributed by atoms with van der Waals surface area (Å²) in [6.07, 6.45) is -0.471. The van der Waals surface area contributed by atoms with Crippen LogP contribution >= 0.6 is 22.9 Å². The van der Waals surface area contributed by atoms with E-state index in [4.69, 9.17) is 22.1 Å². The quantitative estimate of drug-likeness (QED) is 0.527. The molecule has 0 atom stereocenters. The number of nitrogens with two attached hydrogens (primary N) is 1. The number of anilines is 1. The molecule has 3 N–H and O–H groups in total. The number of halogens is 1. The molecule has 0 aliphatic carbocycles. The molecule has 3 aromatic rings. The van der Waals surface area contributed by atoms with E-state index in [2.05, 4.69) is 5.32 Å². The van der Waals surface area contributed by atoms with E-state index in [1.165, 1.54) is 16.2 Å². The van der Waals surface area contributed by atoms with Crippen molar-refractivity contribution in [2.45, 2.75) is 19.7 Å². The number of benzene rings is 2. The lowest BCUT2D eigenvalue weighted by atomic mass is 10.0. The molecule has 164 valence electrons. The maximum Gasteiger partial charge on any atom is 0.410 e. The van der Waals surface area contributed by atoms with Crippen LogP contribution in [0.1, 0.15) is 31.9 Å². The standard InChI is InChI=1S/C23H20ClN3O4S/c24-17-9-5-4-8-15(17)21(29)20-16-11-27(12-18(16)32-22(20)26-19(28)10-25)23(30)31-13-14-6-2-1-3-7-14/h1-9H,10-13,25H2,(H,26,28). The molecule has 0 bridgehead atoms. The Balaban J connectivity index is 1.58. The van der Waals surface area contributed by atoms with Crippen LogP contribution in [0.25, 0.3) is 0 Å². The first-order valence-corrected chi connectivity index (χ1v) is 11.1. The molecule has 0 saturated carbocycles. The average molecular weight is 470 g/mol. The molecule has 1 aromatic heterocycles. The lowest BCUT2D eigenvalue weighted by Gasteiger charge is -2.16. The van der Waals surface area contributed by atoms with Crippen LogP contribution in [-0.4, -0.2) is 29.2 Å². The Labute approximate surface area is 193 Å². The van der Waals surface area contributed by atoms with Gasteiger partial charge in [0, 0.05) is 16.0 Å². The Bertz CT molecular complexity index is 1180. The van der Waals surface area contributed by atoms with Gasteiger partial charge in [-0.05, 0) is 17.7 Å². The average Bonchev–Trinajstić information content (AvgIpc) is 3.35. The zero-order chi connectivity index (χ0) is 22.7. The second-order valence-electron chi connectivity index (χ2n) is 7.17. The van der Waals surface area contributed by atoms with Gasteiger partial charge in [-0.1, -0.05) is 54.1 Å². The van der Waals surface area contributed by atoms with Gasteiger partial charge in [0.1, 0.15) is 11.6 Å². The maximum atomic E-state index is 13.4. The molecular formula is C23H20ClN3O4S. The molecule has 0 saturated heterocycles. The van der Waals surface area contributed by atoms with Crippen molar-refractivity contribution >= 4 is 45.7 Å². The number of ether oxygens (including phenoxy) is 1. The summed E-state index contributed by atoms with van der Waals surface area (Å²) in [7, 11) is 0. The van der Waals surface area contributed by atoms with Crippen molar-refractivity contribution in [1.29, 1.82) is 0 Å². The third kappa shape index (κ3) is 4.52. The monoisotopic (exact) mass is 469 g/mol. The molecule has 32 heavy (non-hydrogen) atoms. The second-order valence-corrected chi connectivity index (χ2v) is 8.68. The zero-order valence-corrected chi connectivity index (χ0v) is 18.5. The molecule has 9 heteroatoms. The number of rotatable bonds is 6. The lowest BCUT2D eigenvalue weighted by molar-refractivity contribution is -0.114. The van der Waals surface area contributed by atoms with E-state index in [-0.39, 0.29) is 32.0 Å². The van der Waals surface area contributed by atoms with Crippen molar-refractivity contribution in [2.75, 3.05) is 11.9 Å². The fraction of sp³-hybridized carbons (Fsp3) is 0.174. The van der Waals surface area contributed by atoms with Gasteiger partial charge in [0.2, 0.25) is 5.91 Å². The third-order valence-corrected chi connectivity index (χ3v) is 6.48. The Morgan fingerprint density at radius 2 is 1.78 bits per heavy atom. The SMILES string of the molecule is NCC(=O)Nc1sc2c(c1C(=O)c1ccccc1Cl)CN(C(=O)OCc1ccccc1)C2. The minimum atomic E-state index is -0.471. The van der Waals surface area contributed by atoms with Crippen LogP contribution in [0.5, 0.6) is 0 Å². The summed E-state index contributed by atoms with van der Waals surface area (Å²) in [4.78, 5) is 40.3. The van der Waals surface area contributed by atoms with Gasteiger partial charge in [0.15, 0.2) is 5.78 Å². The smallest absolute Gasteiger partial charge is 0.410 e. The normalized spacial score (nSPS) is 12.4.